The molecule has 2 nitrogen and oxygen atoms in total. The van der Waals surface area contributed by atoms with Crippen LogP contribution in [0.5, 0.6) is 0 Å². The maximum Gasteiger partial charge on any atom is 0.0641 e. The molecule has 18 heavy (non-hydrogen) atoms. The summed E-state index contributed by atoms with van der Waals surface area (Å²) < 4.78 is 5.80. The van der Waals surface area contributed by atoms with Gasteiger partial charge in [-0.2, -0.15) is 0 Å². The van der Waals surface area contributed by atoms with E-state index in [0.717, 1.165) is 18.9 Å². The Hall–Kier alpha value is -0.0800. The molecule has 1 saturated carbocycles. The molecule has 106 valence electrons. The van der Waals surface area contributed by atoms with Crippen molar-refractivity contribution in [3.8, 4) is 0 Å². The van der Waals surface area contributed by atoms with Crippen LogP contribution in [0.3, 0.4) is 0 Å². The van der Waals surface area contributed by atoms with Gasteiger partial charge in [-0.25, -0.2) is 0 Å². The molecule has 0 aromatic carbocycles. The van der Waals surface area contributed by atoms with E-state index in [0.29, 0.717) is 12.1 Å². The molecule has 0 spiro atoms. The quantitative estimate of drug-likeness (QED) is 0.770. The fourth-order valence-corrected chi connectivity index (χ4v) is 3.69. The Morgan fingerprint density at radius 3 is 2.33 bits per heavy atom. The van der Waals surface area contributed by atoms with Gasteiger partial charge in [-0.1, -0.05) is 25.7 Å². The predicted molar refractivity (Wildman–Crippen MR) is 76.8 cm³/mol. The second kappa shape index (κ2) is 6.38. The standard InChI is InChI=1S/C16H31NO/c1-13(14-8-6-4-5-7-9-14)17-15-10-11-18-16(2,3)12-15/h13-15,17H,4-12H2,1-3H3/t13-,15?/m0/s1. The van der Waals surface area contributed by atoms with Crippen LogP contribution in [0.2, 0.25) is 0 Å². The monoisotopic (exact) mass is 253 g/mol. The summed E-state index contributed by atoms with van der Waals surface area (Å²) in [6.07, 6.45) is 11.0. The zero-order valence-electron chi connectivity index (χ0n) is 12.5. The molecule has 1 unspecified atom stereocenters. The first-order valence-electron chi connectivity index (χ1n) is 7.97. The predicted octanol–water partition coefficient (Wildman–Crippen LogP) is 3.89. The van der Waals surface area contributed by atoms with Crippen LogP contribution in [0.1, 0.15) is 72.1 Å². The summed E-state index contributed by atoms with van der Waals surface area (Å²) in [6.45, 7) is 7.76. The van der Waals surface area contributed by atoms with Crippen molar-refractivity contribution in [3.05, 3.63) is 0 Å². The minimum atomic E-state index is 0.0685. The molecular weight excluding hydrogens is 222 g/mol. The maximum absolute atomic E-state index is 5.80. The molecule has 1 aliphatic heterocycles. The van der Waals surface area contributed by atoms with Crippen LogP contribution in [0, 0.1) is 5.92 Å². The van der Waals surface area contributed by atoms with Crippen molar-refractivity contribution in [1.29, 1.82) is 0 Å². The summed E-state index contributed by atoms with van der Waals surface area (Å²) >= 11 is 0. The van der Waals surface area contributed by atoms with Crippen molar-refractivity contribution in [2.75, 3.05) is 6.61 Å². The van der Waals surface area contributed by atoms with E-state index in [1.165, 1.54) is 44.9 Å². The molecule has 0 aromatic heterocycles. The van der Waals surface area contributed by atoms with Crippen LogP contribution in [-0.2, 0) is 4.74 Å². The highest BCUT2D eigenvalue weighted by atomic mass is 16.5. The Morgan fingerprint density at radius 2 is 1.72 bits per heavy atom. The SMILES string of the molecule is C[C@H](NC1CCOC(C)(C)C1)C1CCCCCC1. The van der Waals surface area contributed by atoms with Crippen LogP contribution in [-0.4, -0.2) is 24.3 Å². The molecule has 2 aliphatic rings. The fraction of sp³-hybridized carbons (Fsp3) is 1.00. The van der Waals surface area contributed by atoms with Crippen molar-refractivity contribution in [2.45, 2.75) is 89.8 Å². The first kappa shape index (κ1) is 14.3. The van der Waals surface area contributed by atoms with Gasteiger partial charge in [-0.15, -0.1) is 0 Å². The summed E-state index contributed by atoms with van der Waals surface area (Å²) in [7, 11) is 0. The number of nitrogens with one attached hydrogen (secondary N) is 1. The van der Waals surface area contributed by atoms with Crippen molar-refractivity contribution >= 4 is 0 Å². The van der Waals surface area contributed by atoms with Crippen molar-refractivity contribution in [2.24, 2.45) is 5.92 Å². The van der Waals surface area contributed by atoms with Crippen LogP contribution >= 0.6 is 0 Å². The first-order valence-corrected chi connectivity index (χ1v) is 7.97. The van der Waals surface area contributed by atoms with Crippen LogP contribution < -0.4 is 5.32 Å². The molecule has 2 heteroatoms. The van der Waals surface area contributed by atoms with Gasteiger partial charge in [0.25, 0.3) is 0 Å². The van der Waals surface area contributed by atoms with Crippen molar-refractivity contribution < 1.29 is 4.74 Å². The first-order chi connectivity index (χ1) is 8.57. The lowest BCUT2D eigenvalue weighted by atomic mass is 9.89. The largest absolute Gasteiger partial charge is 0.375 e. The van der Waals surface area contributed by atoms with Gasteiger partial charge in [0.1, 0.15) is 0 Å². The molecule has 0 radical (unpaired) electrons. The second-order valence-corrected chi connectivity index (χ2v) is 7.00. The molecule has 1 N–H and O–H groups in total. The Labute approximate surface area is 113 Å². The van der Waals surface area contributed by atoms with Gasteiger partial charge in [-0.3, -0.25) is 0 Å². The number of rotatable bonds is 3. The van der Waals surface area contributed by atoms with Crippen molar-refractivity contribution in [1.82, 2.24) is 5.32 Å². The van der Waals surface area contributed by atoms with Gasteiger partial charge >= 0.3 is 0 Å². The lowest BCUT2D eigenvalue weighted by Gasteiger charge is -2.38. The van der Waals surface area contributed by atoms with Gasteiger partial charge < -0.3 is 10.1 Å². The fourth-order valence-electron chi connectivity index (χ4n) is 3.69. The smallest absolute Gasteiger partial charge is 0.0641 e. The lowest BCUT2D eigenvalue weighted by Crippen LogP contribution is -2.48. The molecule has 1 aliphatic carbocycles. The van der Waals surface area contributed by atoms with E-state index in [9.17, 15) is 0 Å². The topological polar surface area (TPSA) is 21.3 Å². The Kier molecular flexibility index (Phi) is 5.08. The third-order valence-corrected chi connectivity index (χ3v) is 4.80. The zero-order valence-corrected chi connectivity index (χ0v) is 12.5. The van der Waals surface area contributed by atoms with Crippen LogP contribution in [0.25, 0.3) is 0 Å². The Morgan fingerprint density at radius 1 is 1.06 bits per heavy atom. The normalized spacial score (nSPS) is 31.8. The minimum Gasteiger partial charge on any atom is -0.375 e. The highest BCUT2D eigenvalue weighted by molar-refractivity contribution is 4.86. The van der Waals surface area contributed by atoms with E-state index in [2.05, 4.69) is 26.1 Å². The van der Waals surface area contributed by atoms with E-state index in [1.807, 2.05) is 0 Å². The van der Waals surface area contributed by atoms with Gasteiger partial charge in [-0.05, 0) is 52.4 Å². The lowest BCUT2D eigenvalue weighted by molar-refractivity contribution is -0.0647. The summed E-state index contributed by atoms with van der Waals surface area (Å²) in [5.41, 5.74) is 0.0685. The molecule has 2 atom stereocenters. The third kappa shape index (κ3) is 4.24. The average molecular weight is 253 g/mol. The van der Waals surface area contributed by atoms with Crippen molar-refractivity contribution in [3.63, 3.8) is 0 Å². The van der Waals surface area contributed by atoms with E-state index in [1.54, 1.807) is 0 Å². The Balaban J connectivity index is 1.80. The van der Waals surface area contributed by atoms with Crippen LogP contribution in [0.15, 0.2) is 0 Å². The molecular formula is C16H31NO. The van der Waals surface area contributed by atoms with Crippen LogP contribution in [0.4, 0.5) is 0 Å². The number of hydrogen-bond acceptors (Lipinski definition) is 2. The average Bonchev–Trinajstić information content (AvgIpc) is 2.55. The molecule has 0 amide bonds. The van der Waals surface area contributed by atoms with E-state index >= 15 is 0 Å². The molecule has 2 rings (SSSR count). The molecule has 1 heterocycles. The highest BCUT2D eigenvalue weighted by Crippen LogP contribution is 2.28. The second-order valence-electron chi connectivity index (χ2n) is 7.00. The van der Waals surface area contributed by atoms with E-state index < -0.39 is 0 Å². The van der Waals surface area contributed by atoms with E-state index in [-0.39, 0.29) is 5.60 Å². The van der Waals surface area contributed by atoms with E-state index in [4.69, 9.17) is 4.74 Å². The number of hydrogen-bond donors (Lipinski definition) is 1. The zero-order chi connectivity index (χ0) is 13.0. The maximum atomic E-state index is 5.80. The molecule has 1 saturated heterocycles. The van der Waals surface area contributed by atoms with Gasteiger partial charge in [0.2, 0.25) is 0 Å². The Bertz CT molecular complexity index is 243. The van der Waals surface area contributed by atoms with Gasteiger partial charge in [0.15, 0.2) is 0 Å². The minimum absolute atomic E-state index is 0.0685. The number of ether oxygens (including phenoxy) is 1. The molecule has 0 bridgehead atoms. The highest BCUT2D eigenvalue weighted by Gasteiger charge is 2.30. The third-order valence-electron chi connectivity index (χ3n) is 4.80. The summed E-state index contributed by atoms with van der Waals surface area (Å²) in [5.74, 6) is 0.901. The molecule has 2 fully saturated rings. The summed E-state index contributed by atoms with van der Waals surface area (Å²) in [4.78, 5) is 0. The summed E-state index contributed by atoms with van der Waals surface area (Å²) in [5, 5.41) is 3.89. The molecule has 0 aromatic rings. The van der Waals surface area contributed by atoms with Gasteiger partial charge in [0, 0.05) is 18.7 Å². The summed E-state index contributed by atoms with van der Waals surface area (Å²) in [6, 6.07) is 1.34. The van der Waals surface area contributed by atoms with Gasteiger partial charge in [0.05, 0.1) is 5.60 Å².